The fourth-order valence-electron chi connectivity index (χ4n) is 2.42. The molecule has 0 saturated carbocycles. The van der Waals surface area contributed by atoms with Crippen LogP contribution in [-0.4, -0.2) is 0 Å². The van der Waals surface area contributed by atoms with Gasteiger partial charge in [0.05, 0.1) is 0 Å². The first-order valence-corrected chi connectivity index (χ1v) is 10.6. The van der Waals surface area contributed by atoms with Gasteiger partial charge in [0.1, 0.15) is 0 Å². The third-order valence-electron chi connectivity index (χ3n) is 3.67. The van der Waals surface area contributed by atoms with Gasteiger partial charge in [-0.15, -0.1) is 0 Å². The maximum atomic E-state index is 2.17. The molecule has 0 aromatic heterocycles. The fourth-order valence-corrected chi connectivity index (χ4v) is 4.52. The Balaban J connectivity index is 0.000000187. The van der Waals surface area contributed by atoms with Crippen molar-refractivity contribution in [3.8, 4) is 0 Å². The van der Waals surface area contributed by atoms with Gasteiger partial charge in [0.2, 0.25) is 0 Å². The van der Waals surface area contributed by atoms with Crippen LogP contribution in [0.1, 0.15) is 0 Å². The van der Waals surface area contributed by atoms with Crippen LogP contribution in [0.2, 0.25) is 0 Å². The Hall–Kier alpha value is -1.74. The van der Waals surface area contributed by atoms with Crippen molar-refractivity contribution in [3.05, 3.63) is 121 Å². The van der Waals surface area contributed by atoms with E-state index in [1.807, 2.05) is 0 Å². The van der Waals surface area contributed by atoms with Crippen LogP contribution < -0.4 is 21.2 Å². The van der Waals surface area contributed by atoms with E-state index < -0.39 is 0 Å². The van der Waals surface area contributed by atoms with Gasteiger partial charge in [0, 0.05) is 17.1 Å². The van der Waals surface area contributed by atoms with Crippen molar-refractivity contribution in [2.45, 2.75) is 0 Å². The molecule has 0 aliphatic carbocycles. The molecule has 3 heteroatoms. The SMILES string of the molecule is [Fe].c1ccc(Pc2ccccc2)cc1.c1ccc(Pc2ccccc2)cc1. The zero-order valence-electron chi connectivity index (χ0n) is 14.9. The summed E-state index contributed by atoms with van der Waals surface area (Å²) in [4.78, 5) is 0. The molecule has 136 valence electrons. The summed E-state index contributed by atoms with van der Waals surface area (Å²) in [5, 5.41) is 5.59. The van der Waals surface area contributed by atoms with Gasteiger partial charge in [0.15, 0.2) is 0 Å². The van der Waals surface area contributed by atoms with Crippen LogP contribution in [0.5, 0.6) is 0 Å². The summed E-state index contributed by atoms with van der Waals surface area (Å²) in [5.74, 6) is 0. The topological polar surface area (TPSA) is 0 Å². The smallest absolute Gasteiger partial charge is 0 e. The van der Waals surface area contributed by atoms with Gasteiger partial charge >= 0.3 is 0 Å². The molecule has 0 spiro atoms. The van der Waals surface area contributed by atoms with E-state index >= 15 is 0 Å². The fraction of sp³-hybridized carbons (Fsp3) is 0. The van der Waals surface area contributed by atoms with E-state index in [9.17, 15) is 0 Å². The van der Waals surface area contributed by atoms with E-state index in [1.165, 1.54) is 21.2 Å². The second-order valence-electron chi connectivity index (χ2n) is 5.71. The maximum absolute atomic E-state index is 2.17. The molecule has 0 heterocycles. The van der Waals surface area contributed by atoms with Crippen LogP contribution >= 0.6 is 17.2 Å². The van der Waals surface area contributed by atoms with E-state index in [4.69, 9.17) is 0 Å². The zero-order chi connectivity index (χ0) is 17.9. The van der Waals surface area contributed by atoms with E-state index in [0.717, 1.165) is 17.2 Å². The van der Waals surface area contributed by atoms with Gasteiger partial charge in [-0.2, -0.15) is 0 Å². The number of hydrogen-bond donors (Lipinski definition) is 0. The number of rotatable bonds is 4. The van der Waals surface area contributed by atoms with E-state index in [0.29, 0.717) is 0 Å². The minimum Gasteiger partial charge on any atom is -0.0622 e. The summed E-state index contributed by atoms with van der Waals surface area (Å²) in [6, 6.07) is 42.3. The van der Waals surface area contributed by atoms with Crippen molar-refractivity contribution in [2.75, 3.05) is 0 Å². The Kier molecular flexibility index (Phi) is 10.1. The molecular formula is C24H22FeP2. The van der Waals surface area contributed by atoms with Gasteiger partial charge in [-0.05, 0) is 21.2 Å². The average molecular weight is 428 g/mol. The monoisotopic (exact) mass is 428 g/mol. The molecule has 0 aliphatic heterocycles. The summed E-state index contributed by atoms with van der Waals surface area (Å²) < 4.78 is 0. The molecule has 4 aromatic rings. The Labute approximate surface area is 176 Å². The van der Waals surface area contributed by atoms with Crippen LogP contribution in [-0.2, 0) is 17.1 Å². The molecule has 0 amide bonds. The minimum absolute atomic E-state index is 0. The molecule has 4 rings (SSSR count). The van der Waals surface area contributed by atoms with Crippen LogP contribution in [0.4, 0.5) is 0 Å². The first-order chi connectivity index (χ1) is 12.9. The van der Waals surface area contributed by atoms with Crippen molar-refractivity contribution in [3.63, 3.8) is 0 Å². The molecule has 0 nitrogen and oxygen atoms in total. The van der Waals surface area contributed by atoms with Gasteiger partial charge in [-0.3, -0.25) is 0 Å². The van der Waals surface area contributed by atoms with Crippen molar-refractivity contribution >= 4 is 38.4 Å². The third kappa shape index (κ3) is 8.21. The normalized spacial score (nSPS) is 9.48. The standard InChI is InChI=1S/2C12H11P.Fe/c2*1-3-7-11(8-4-1)13-12-9-5-2-6-10-12;/h2*1-10,13H;. The number of benzene rings is 4. The second-order valence-corrected chi connectivity index (χ2v) is 8.52. The molecule has 0 atom stereocenters. The van der Waals surface area contributed by atoms with Crippen LogP contribution in [0.15, 0.2) is 121 Å². The Bertz CT molecular complexity index is 715. The van der Waals surface area contributed by atoms with Gasteiger partial charge in [-0.1, -0.05) is 138 Å². The molecule has 0 N–H and O–H groups in total. The van der Waals surface area contributed by atoms with Gasteiger partial charge < -0.3 is 0 Å². The molecule has 4 aromatic carbocycles. The summed E-state index contributed by atoms with van der Waals surface area (Å²) in [6.45, 7) is 0. The second kappa shape index (κ2) is 12.6. The van der Waals surface area contributed by atoms with Crippen LogP contribution in [0, 0.1) is 0 Å². The predicted octanol–water partition coefficient (Wildman–Crippen LogP) is 4.63. The third-order valence-corrected chi connectivity index (χ3v) is 6.16. The van der Waals surface area contributed by atoms with Crippen molar-refractivity contribution in [2.24, 2.45) is 0 Å². The first-order valence-electron chi connectivity index (χ1n) is 8.64. The summed E-state index contributed by atoms with van der Waals surface area (Å²) >= 11 is 0. The molecule has 0 radical (unpaired) electrons. The maximum Gasteiger partial charge on any atom is 0 e. The molecule has 0 fully saturated rings. The van der Waals surface area contributed by atoms with Gasteiger partial charge in [0.25, 0.3) is 0 Å². The molecule has 0 aliphatic rings. The van der Waals surface area contributed by atoms with Crippen LogP contribution in [0.3, 0.4) is 0 Å². The van der Waals surface area contributed by atoms with E-state index in [-0.39, 0.29) is 17.1 Å². The zero-order valence-corrected chi connectivity index (χ0v) is 18.0. The largest absolute Gasteiger partial charge is 0.0622 e. The molecule has 0 unspecified atom stereocenters. The minimum atomic E-state index is 0. The van der Waals surface area contributed by atoms with Crippen LogP contribution in [0.25, 0.3) is 0 Å². The first kappa shape index (κ1) is 21.6. The number of hydrogen-bond acceptors (Lipinski definition) is 0. The Morgan fingerprint density at radius 3 is 0.667 bits per heavy atom. The predicted molar refractivity (Wildman–Crippen MR) is 121 cm³/mol. The average Bonchev–Trinajstić information content (AvgIpc) is 2.72. The van der Waals surface area contributed by atoms with E-state index in [2.05, 4.69) is 121 Å². The summed E-state index contributed by atoms with van der Waals surface area (Å²) in [7, 11) is 1.55. The van der Waals surface area contributed by atoms with E-state index in [1.54, 1.807) is 0 Å². The quantitative estimate of drug-likeness (QED) is 0.329. The Morgan fingerprint density at radius 2 is 0.481 bits per heavy atom. The summed E-state index contributed by atoms with van der Waals surface area (Å²) in [6.07, 6.45) is 0. The Morgan fingerprint density at radius 1 is 0.296 bits per heavy atom. The molecular weight excluding hydrogens is 406 g/mol. The molecule has 27 heavy (non-hydrogen) atoms. The summed E-state index contributed by atoms with van der Waals surface area (Å²) in [5.41, 5.74) is 0. The molecule has 0 bridgehead atoms. The van der Waals surface area contributed by atoms with Crippen molar-refractivity contribution in [1.29, 1.82) is 0 Å². The van der Waals surface area contributed by atoms with Gasteiger partial charge in [-0.25, -0.2) is 0 Å². The van der Waals surface area contributed by atoms with Crippen molar-refractivity contribution < 1.29 is 17.1 Å². The molecule has 0 saturated heterocycles. The van der Waals surface area contributed by atoms with Crippen molar-refractivity contribution in [1.82, 2.24) is 0 Å².